The van der Waals surface area contributed by atoms with Crippen LogP contribution in [-0.2, 0) is 15.7 Å². The van der Waals surface area contributed by atoms with E-state index in [9.17, 15) is 31.5 Å². The van der Waals surface area contributed by atoms with Gasteiger partial charge in [-0.15, -0.1) is 0 Å². The summed E-state index contributed by atoms with van der Waals surface area (Å²) in [5.74, 6) is 0.0764. The fourth-order valence-electron chi connectivity index (χ4n) is 4.92. The van der Waals surface area contributed by atoms with E-state index in [2.05, 4.69) is 15.0 Å². The van der Waals surface area contributed by atoms with Gasteiger partial charge in [-0.3, -0.25) is 4.79 Å². The van der Waals surface area contributed by atoms with Crippen molar-refractivity contribution in [2.24, 2.45) is 5.92 Å². The number of thiazole rings is 1. The topological polar surface area (TPSA) is 93.2 Å². The zero-order valence-corrected chi connectivity index (χ0v) is 24.9. The number of anilines is 1. The summed E-state index contributed by atoms with van der Waals surface area (Å²) in [5.41, 5.74) is -1.38. The van der Waals surface area contributed by atoms with Gasteiger partial charge in [0, 0.05) is 26.1 Å². The van der Waals surface area contributed by atoms with E-state index in [-0.39, 0.29) is 43.2 Å². The van der Waals surface area contributed by atoms with Gasteiger partial charge < -0.3 is 29.3 Å². The zero-order valence-electron chi connectivity index (χ0n) is 24.0. The minimum atomic E-state index is -4.48. The number of carbonyl (C=O) groups is 2. The highest BCUT2D eigenvalue weighted by Gasteiger charge is 2.37. The summed E-state index contributed by atoms with van der Waals surface area (Å²) >= 11 is 1.10. The van der Waals surface area contributed by atoms with Gasteiger partial charge in [0.25, 0.3) is 5.91 Å². The molecule has 2 aliphatic heterocycles. The van der Waals surface area contributed by atoms with Gasteiger partial charge in [-0.1, -0.05) is 11.3 Å². The monoisotopic (exact) mass is 634 g/mol. The van der Waals surface area contributed by atoms with E-state index in [0.29, 0.717) is 42.5 Å². The van der Waals surface area contributed by atoms with E-state index in [1.807, 2.05) is 20.8 Å². The lowest BCUT2D eigenvalue weighted by Crippen LogP contribution is -2.43. The Kier molecular flexibility index (Phi) is 10.4. The molecule has 3 heterocycles. The molecule has 0 saturated carbocycles. The molecule has 43 heavy (non-hydrogen) atoms. The Hall–Kier alpha value is -3.20. The fourth-order valence-corrected chi connectivity index (χ4v) is 5.84. The quantitative estimate of drug-likeness (QED) is 0.349. The van der Waals surface area contributed by atoms with Crippen molar-refractivity contribution in [3.63, 3.8) is 0 Å². The summed E-state index contributed by atoms with van der Waals surface area (Å²) in [6, 6.07) is 3.70. The molecular formula is C28H35F5N4O5S. The summed E-state index contributed by atoms with van der Waals surface area (Å²) in [5, 5.41) is 3.33. The van der Waals surface area contributed by atoms with Gasteiger partial charge in [0.2, 0.25) is 0 Å². The molecule has 1 N–H and O–H groups in total. The van der Waals surface area contributed by atoms with Crippen LogP contribution in [0.3, 0.4) is 0 Å². The predicted octanol–water partition coefficient (Wildman–Crippen LogP) is 5.80. The number of benzene rings is 1. The lowest BCUT2D eigenvalue weighted by molar-refractivity contribution is -0.137. The first-order chi connectivity index (χ1) is 20.2. The molecule has 15 heteroatoms. The van der Waals surface area contributed by atoms with E-state index >= 15 is 0 Å². The highest BCUT2D eigenvalue weighted by molar-refractivity contribution is 7.17. The van der Waals surface area contributed by atoms with Crippen molar-refractivity contribution in [2.75, 3.05) is 37.7 Å². The van der Waals surface area contributed by atoms with E-state index in [0.717, 1.165) is 23.5 Å². The van der Waals surface area contributed by atoms with Crippen molar-refractivity contribution < 1.29 is 45.8 Å². The molecule has 238 valence electrons. The number of hydrogen-bond acceptors (Lipinski definition) is 8. The Bertz CT molecular complexity index is 1230. The number of hydrogen-bond donors (Lipinski definition) is 1. The number of piperidine rings is 1. The fraction of sp³-hybridized carbons (Fsp3) is 0.607. The maximum atomic E-state index is 12.9. The number of nitrogens with zero attached hydrogens (tertiary/aromatic N) is 3. The second-order valence-corrected chi connectivity index (χ2v) is 12.5. The normalized spacial score (nSPS) is 20.0. The minimum Gasteiger partial charge on any atom is -0.489 e. The molecule has 2 saturated heterocycles. The zero-order chi connectivity index (χ0) is 31.4. The van der Waals surface area contributed by atoms with Crippen molar-refractivity contribution in [2.45, 2.75) is 70.6 Å². The van der Waals surface area contributed by atoms with E-state index in [1.165, 1.54) is 18.3 Å². The van der Waals surface area contributed by atoms with Crippen LogP contribution >= 0.6 is 11.3 Å². The van der Waals surface area contributed by atoms with Crippen LogP contribution in [0.15, 0.2) is 30.5 Å². The lowest BCUT2D eigenvalue weighted by Gasteiger charge is -2.33. The van der Waals surface area contributed by atoms with Crippen molar-refractivity contribution in [1.29, 1.82) is 0 Å². The number of rotatable bonds is 9. The third-order valence-corrected chi connectivity index (χ3v) is 8.09. The summed E-state index contributed by atoms with van der Waals surface area (Å²) in [6.07, 6.45) is -2.25. The van der Waals surface area contributed by atoms with Gasteiger partial charge in [-0.05, 0) is 63.8 Å². The average Bonchev–Trinajstić information content (AvgIpc) is 3.57. The third kappa shape index (κ3) is 9.39. The molecule has 2 fully saturated rings. The van der Waals surface area contributed by atoms with Gasteiger partial charge in [0.1, 0.15) is 22.3 Å². The van der Waals surface area contributed by atoms with Crippen molar-refractivity contribution in [3.8, 4) is 5.75 Å². The standard InChI is InChI=1S/C28H35F5N4O5S/c1-27(2,3)42-26(39)36-10-8-17(9-11-36)13-34-23(38)22-14-35-25(43-22)37-15-21(12-19(37)16-40-24(29)30)41-20-6-4-18(5-7-20)28(31,32)33/h4-7,14,17,19,21,24H,8-13,15-16H2,1-3H3,(H,34,38)/t19-,21-/m0/s1. The molecule has 9 nitrogen and oxygen atoms in total. The molecule has 2 amide bonds. The average molecular weight is 635 g/mol. The number of ether oxygens (including phenoxy) is 3. The van der Waals surface area contributed by atoms with Gasteiger partial charge in [0.15, 0.2) is 5.13 Å². The largest absolute Gasteiger partial charge is 0.489 e. The predicted molar refractivity (Wildman–Crippen MR) is 149 cm³/mol. The first kappa shape index (κ1) is 32.7. The second kappa shape index (κ2) is 13.6. The SMILES string of the molecule is CC(C)(C)OC(=O)N1CCC(CNC(=O)c2cnc(N3C[C@@H](Oc4ccc(C(F)(F)F)cc4)C[C@H]3COC(F)F)s2)CC1. The Morgan fingerprint density at radius 1 is 1.12 bits per heavy atom. The van der Waals surface area contributed by atoms with Crippen LogP contribution < -0.4 is 15.0 Å². The smallest absolute Gasteiger partial charge is 0.416 e. The van der Waals surface area contributed by atoms with E-state index < -0.39 is 36.1 Å². The molecule has 2 aromatic rings. The van der Waals surface area contributed by atoms with Gasteiger partial charge in [-0.2, -0.15) is 22.0 Å². The van der Waals surface area contributed by atoms with Crippen LogP contribution in [0.4, 0.5) is 31.9 Å². The van der Waals surface area contributed by atoms with Crippen LogP contribution in [0.25, 0.3) is 0 Å². The van der Waals surface area contributed by atoms with Gasteiger partial charge >= 0.3 is 18.9 Å². The molecule has 0 aliphatic carbocycles. The Morgan fingerprint density at radius 2 is 1.79 bits per heavy atom. The first-order valence-electron chi connectivity index (χ1n) is 13.9. The number of alkyl halides is 5. The number of nitrogens with one attached hydrogen (secondary N) is 1. The molecule has 1 aromatic carbocycles. The molecule has 0 spiro atoms. The summed E-state index contributed by atoms with van der Waals surface area (Å²) < 4.78 is 80.1. The molecule has 0 unspecified atom stereocenters. The van der Waals surface area contributed by atoms with E-state index in [1.54, 1.807) is 9.80 Å². The van der Waals surface area contributed by atoms with Crippen LogP contribution in [-0.4, -0.2) is 79.0 Å². The van der Waals surface area contributed by atoms with Crippen molar-refractivity contribution in [3.05, 3.63) is 40.9 Å². The third-order valence-electron chi connectivity index (χ3n) is 7.06. The van der Waals surface area contributed by atoms with Gasteiger partial charge in [-0.25, -0.2) is 9.78 Å². The second-order valence-electron chi connectivity index (χ2n) is 11.5. The minimum absolute atomic E-state index is 0.188. The number of carbonyl (C=O) groups excluding carboxylic acids is 2. The molecule has 1 aromatic heterocycles. The highest BCUT2D eigenvalue weighted by atomic mass is 32.1. The molecular weight excluding hydrogens is 599 g/mol. The maximum absolute atomic E-state index is 12.9. The first-order valence-corrected chi connectivity index (χ1v) is 14.7. The van der Waals surface area contributed by atoms with Crippen LogP contribution in [0, 0.1) is 5.92 Å². The maximum Gasteiger partial charge on any atom is 0.416 e. The van der Waals surface area contributed by atoms with E-state index in [4.69, 9.17) is 9.47 Å². The number of amides is 2. The summed E-state index contributed by atoms with van der Waals surface area (Å²) in [4.78, 5) is 33.2. The Balaban J connectivity index is 1.31. The highest BCUT2D eigenvalue weighted by Crippen LogP contribution is 2.34. The lowest BCUT2D eigenvalue weighted by atomic mass is 9.97. The van der Waals surface area contributed by atoms with Crippen LogP contribution in [0.1, 0.15) is 55.3 Å². The van der Waals surface area contributed by atoms with Crippen LogP contribution in [0.5, 0.6) is 5.75 Å². The van der Waals surface area contributed by atoms with Gasteiger partial charge in [0.05, 0.1) is 31.0 Å². The summed E-state index contributed by atoms with van der Waals surface area (Å²) in [6.45, 7) is 3.84. The Morgan fingerprint density at radius 3 is 2.40 bits per heavy atom. The molecule has 0 bridgehead atoms. The number of aromatic nitrogens is 1. The molecule has 2 aliphatic rings. The Labute approximate surface area is 250 Å². The number of halogens is 5. The molecule has 2 atom stereocenters. The van der Waals surface area contributed by atoms with Crippen LogP contribution in [0.2, 0.25) is 0 Å². The molecule has 4 rings (SSSR count). The summed E-state index contributed by atoms with van der Waals surface area (Å²) in [7, 11) is 0. The van der Waals surface area contributed by atoms with Crippen molar-refractivity contribution in [1.82, 2.24) is 15.2 Å². The van der Waals surface area contributed by atoms with Crippen molar-refractivity contribution >= 4 is 28.5 Å². The molecule has 0 radical (unpaired) electrons. The number of likely N-dealkylation sites (tertiary alicyclic amines) is 1.